The van der Waals surface area contributed by atoms with Crippen LogP contribution in [-0.4, -0.2) is 28.9 Å². The number of piperidine rings is 1. The molecule has 1 fully saturated rings. The molecule has 1 saturated heterocycles. The minimum absolute atomic E-state index is 0.237. The summed E-state index contributed by atoms with van der Waals surface area (Å²) in [5, 5.41) is 0.721. The van der Waals surface area contributed by atoms with Crippen molar-refractivity contribution in [2.24, 2.45) is 5.41 Å². The average Bonchev–Trinajstić information content (AvgIpc) is 2.61. The van der Waals surface area contributed by atoms with E-state index >= 15 is 0 Å². The van der Waals surface area contributed by atoms with Crippen LogP contribution in [0.1, 0.15) is 43.7 Å². The van der Waals surface area contributed by atoms with Crippen molar-refractivity contribution in [2.45, 2.75) is 39.0 Å². The maximum Gasteiger partial charge on any atom is 0.228 e. The van der Waals surface area contributed by atoms with Crippen molar-refractivity contribution in [2.75, 3.05) is 13.1 Å². The lowest BCUT2D eigenvalue weighted by Crippen LogP contribution is -2.45. The van der Waals surface area contributed by atoms with Gasteiger partial charge in [-0.3, -0.25) is 9.78 Å². The number of carbonyl (C=O) groups excluding carboxylic acids is 1. The first-order chi connectivity index (χ1) is 12.0. The first-order valence-electron chi connectivity index (χ1n) is 8.89. The molecule has 2 aromatic rings. The lowest BCUT2D eigenvalue weighted by Gasteiger charge is -2.37. The summed E-state index contributed by atoms with van der Waals surface area (Å²) in [6, 6.07) is 12.0. The molecule has 1 aliphatic heterocycles. The average molecular weight is 357 g/mol. The number of benzene rings is 1. The zero-order valence-electron chi connectivity index (χ0n) is 14.9. The van der Waals surface area contributed by atoms with Gasteiger partial charge >= 0.3 is 0 Å². The fourth-order valence-electron chi connectivity index (χ4n) is 3.71. The van der Waals surface area contributed by atoms with Crippen LogP contribution in [0.3, 0.4) is 0 Å². The highest BCUT2D eigenvalue weighted by Crippen LogP contribution is 2.31. The van der Waals surface area contributed by atoms with E-state index in [9.17, 15) is 4.79 Å². The van der Waals surface area contributed by atoms with Crippen molar-refractivity contribution in [1.29, 1.82) is 0 Å². The Morgan fingerprint density at radius 3 is 2.52 bits per heavy atom. The lowest BCUT2D eigenvalue weighted by atomic mass is 9.82. The number of aromatic nitrogens is 1. The van der Waals surface area contributed by atoms with E-state index in [0.717, 1.165) is 36.5 Å². The summed E-state index contributed by atoms with van der Waals surface area (Å²) >= 11 is 6.08. The molecular formula is C21H25ClN2O. The van der Waals surface area contributed by atoms with Crippen LogP contribution in [0, 0.1) is 5.41 Å². The fraction of sp³-hybridized carbons (Fsp3) is 0.429. The van der Waals surface area contributed by atoms with Gasteiger partial charge in [0.2, 0.25) is 5.91 Å². The van der Waals surface area contributed by atoms with Gasteiger partial charge < -0.3 is 4.90 Å². The molecule has 0 saturated carbocycles. The van der Waals surface area contributed by atoms with Crippen molar-refractivity contribution in [3.63, 3.8) is 0 Å². The molecule has 25 heavy (non-hydrogen) atoms. The van der Waals surface area contributed by atoms with Gasteiger partial charge in [0.25, 0.3) is 0 Å². The van der Waals surface area contributed by atoms with E-state index < -0.39 is 5.41 Å². The van der Waals surface area contributed by atoms with Crippen LogP contribution in [0.15, 0.2) is 48.8 Å². The number of pyridine rings is 1. The molecular weight excluding hydrogens is 332 g/mol. The van der Waals surface area contributed by atoms with Gasteiger partial charge in [0, 0.05) is 35.9 Å². The summed E-state index contributed by atoms with van der Waals surface area (Å²) in [6.45, 7) is 5.71. The number of carbonyl (C=O) groups is 1. The Morgan fingerprint density at radius 2 is 1.88 bits per heavy atom. The van der Waals surface area contributed by atoms with Gasteiger partial charge in [-0.2, -0.15) is 0 Å². The quantitative estimate of drug-likeness (QED) is 0.794. The van der Waals surface area contributed by atoms with Crippen LogP contribution in [0.2, 0.25) is 5.02 Å². The summed E-state index contributed by atoms with van der Waals surface area (Å²) in [6.07, 6.45) is 6.44. The first kappa shape index (κ1) is 17.9. The summed E-state index contributed by atoms with van der Waals surface area (Å²) in [4.78, 5) is 19.2. The molecule has 1 aliphatic rings. The van der Waals surface area contributed by atoms with Gasteiger partial charge in [0.05, 0.1) is 0 Å². The molecule has 0 atom stereocenters. The van der Waals surface area contributed by atoms with Gasteiger partial charge in [-0.15, -0.1) is 0 Å². The molecule has 3 nitrogen and oxygen atoms in total. The number of hydrogen-bond donors (Lipinski definition) is 0. The second-order valence-corrected chi connectivity index (χ2v) is 7.97. The number of halogens is 1. The third-order valence-electron chi connectivity index (χ3n) is 5.07. The minimum Gasteiger partial charge on any atom is -0.342 e. The molecule has 0 spiro atoms. The molecule has 0 bridgehead atoms. The fourth-order valence-corrected chi connectivity index (χ4v) is 3.93. The second kappa shape index (κ2) is 7.57. The van der Waals surface area contributed by atoms with Gasteiger partial charge in [-0.25, -0.2) is 0 Å². The Kier molecular flexibility index (Phi) is 5.43. The third kappa shape index (κ3) is 4.40. The minimum atomic E-state index is -0.422. The molecule has 132 valence electrons. The SMILES string of the molecule is CC(C)(Cc1cccc(Cl)c1)C(=O)N1CCC(c2ccncc2)CC1. The predicted octanol–water partition coefficient (Wildman–Crippen LogP) is 4.71. The van der Waals surface area contributed by atoms with Crippen molar-refractivity contribution in [1.82, 2.24) is 9.88 Å². The predicted molar refractivity (Wildman–Crippen MR) is 102 cm³/mol. The van der Waals surface area contributed by atoms with Gasteiger partial charge in [-0.05, 0) is 60.6 Å². The number of hydrogen-bond acceptors (Lipinski definition) is 2. The molecule has 1 aromatic carbocycles. The molecule has 3 rings (SSSR count). The van der Waals surface area contributed by atoms with Crippen LogP contribution in [-0.2, 0) is 11.2 Å². The number of likely N-dealkylation sites (tertiary alicyclic amines) is 1. The highest BCUT2D eigenvalue weighted by molar-refractivity contribution is 6.30. The largest absolute Gasteiger partial charge is 0.342 e. The van der Waals surface area contributed by atoms with E-state index in [0.29, 0.717) is 12.3 Å². The van der Waals surface area contributed by atoms with Crippen molar-refractivity contribution in [3.05, 3.63) is 64.9 Å². The summed E-state index contributed by atoms with van der Waals surface area (Å²) in [7, 11) is 0. The van der Waals surface area contributed by atoms with Gasteiger partial charge in [0.1, 0.15) is 0 Å². The Morgan fingerprint density at radius 1 is 1.20 bits per heavy atom. The summed E-state index contributed by atoms with van der Waals surface area (Å²) in [5.74, 6) is 0.767. The van der Waals surface area contributed by atoms with E-state index in [1.54, 1.807) is 0 Å². The maximum absolute atomic E-state index is 13.0. The number of nitrogens with zero attached hydrogens (tertiary/aromatic N) is 2. The topological polar surface area (TPSA) is 33.2 Å². The van der Waals surface area contributed by atoms with E-state index in [1.165, 1.54) is 5.56 Å². The highest BCUT2D eigenvalue weighted by Gasteiger charge is 2.34. The van der Waals surface area contributed by atoms with Gasteiger partial charge in [0.15, 0.2) is 0 Å². The first-order valence-corrected chi connectivity index (χ1v) is 9.27. The number of rotatable bonds is 4. The second-order valence-electron chi connectivity index (χ2n) is 7.54. The van der Waals surface area contributed by atoms with Gasteiger partial charge in [-0.1, -0.05) is 37.6 Å². The maximum atomic E-state index is 13.0. The Balaban J connectivity index is 1.61. The van der Waals surface area contributed by atoms with E-state index in [2.05, 4.69) is 17.1 Å². The highest BCUT2D eigenvalue weighted by atomic mass is 35.5. The molecule has 1 aromatic heterocycles. The molecule has 0 unspecified atom stereocenters. The molecule has 4 heteroatoms. The zero-order chi connectivity index (χ0) is 17.9. The standard InChI is InChI=1S/C21H25ClN2O/c1-21(2,15-16-4-3-5-19(22)14-16)20(25)24-12-8-18(9-13-24)17-6-10-23-11-7-17/h3-7,10-11,14,18H,8-9,12-13,15H2,1-2H3. The Bertz CT molecular complexity index is 722. The van der Waals surface area contributed by atoms with Crippen LogP contribution in [0.25, 0.3) is 0 Å². The Hall–Kier alpha value is -1.87. The Labute approximate surface area is 155 Å². The summed E-state index contributed by atoms with van der Waals surface area (Å²) < 4.78 is 0. The molecule has 0 aliphatic carbocycles. The monoisotopic (exact) mass is 356 g/mol. The van der Waals surface area contributed by atoms with E-state index in [4.69, 9.17) is 11.6 Å². The molecule has 0 N–H and O–H groups in total. The number of amides is 1. The van der Waals surface area contributed by atoms with E-state index in [1.807, 2.05) is 55.4 Å². The smallest absolute Gasteiger partial charge is 0.228 e. The van der Waals surface area contributed by atoms with Crippen molar-refractivity contribution < 1.29 is 4.79 Å². The molecule has 0 radical (unpaired) electrons. The molecule has 2 heterocycles. The van der Waals surface area contributed by atoms with Crippen LogP contribution < -0.4 is 0 Å². The zero-order valence-corrected chi connectivity index (χ0v) is 15.7. The van der Waals surface area contributed by atoms with Crippen molar-refractivity contribution >= 4 is 17.5 Å². The van der Waals surface area contributed by atoms with Crippen LogP contribution in [0.4, 0.5) is 0 Å². The molecule has 1 amide bonds. The van der Waals surface area contributed by atoms with Crippen LogP contribution in [0.5, 0.6) is 0 Å². The van der Waals surface area contributed by atoms with E-state index in [-0.39, 0.29) is 5.91 Å². The lowest BCUT2D eigenvalue weighted by molar-refractivity contribution is -0.141. The third-order valence-corrected chi connectivity index (χ3v) is 5.31. The van der Waals surface area contributed by atoms with Crippen LogP contribution >= 0.6 is 11.6 Å². The summed E-state index contributed by atoms with van der Waals surface area (Å²) in [5.41, 5.74) is 2.02. The van der Waals surface area contributed by atoms with Crippen molar-refractivity contribution in [3.8, 4) is 0 Å². The normalized spacial score (nSPS) is 16.0.